The molecule has 1 atom stereocenters. The van der Waals surface area contributed by atoms with E-state index in [1.807, 2.05) is 36.4 Å². The number of rotatable bonds is 8. The molecule has 11 heteroatoms. The summed E-state index contributed by atoms with van der Waals surface area (Å²) < 4.78 is 15.2. The number of halogens is 1. The third-order valence-electron chi connectivity index (χ3n) is 5.20. The van der Waals surface area contributed by atoms with Gasteiger partial charge in [0.1, 0.15) is 19.3 Å². The predicted molar refractivity (Wildman–Crippen MR) is 144 cm³/mol. The molecule has 0 saturated carbocycles. The first-order valence-electron chi connectivity index (χ1n) is 11.4. The Labute approximate surface area is 226 Å². The summed E-state index contributed by atoms with van der Waals surface area (Å²) in [4.78, 5) is 37.8. The molecule has 0 fully saturated rings. The first kappa shape index (κ1) is 29.8. The van der Waals surface area contributed by atoms with E-state index in [4.69, 9.17) is 20.6 Å². The first-order valence-corrected chi connectivity index (χ1v) is 11.4. The van der Waals surface area contributed by atoms with Crippen LogP contribution in [0.2, 0.25) is 0 Å². The highest BCUT2D eigenvalue weighted by molar-refractivity contribution is 6.15. The highest BCUT2D eigenvalue weighted by Gasteiger charge is 2.25. The van der Waals surface area contributed by atoms with Crippen LogP contribution in [0.25, 0.3) is 0 Å². The molecule has 200 valence electrons. The average molecular weight is 541 g/mol. The van der Waals surface area contributed by atoms with Gasteiger partial charge in [-0.25, -0.2) is 14.5 Å². The molecule has 0 aliphatic carbocycles. The van der Waals surface area contributed by atoms with Crippen LogP contribution in [0.3, 0.4) is 0 Å². The van der Waals surface area contributed by atoms with Gasteiger partial charge in [0.2, 0.25) is 5.96 Å². The fourth-order valence-corrected chi connectivity index (χ4v) is 3.29. The van der Waals surface area contributed by atoms with Crippen LogP contribution in [-0.4, -0.2) is 37.3 Å². The molecule has 3 rings (SSSR count). The van der Waals surface area contributed by atoms with Crippen molar-refractivity contribution in [1.82, 2.24) is 5.32 Å². The third kappa shape index (κ3) is 8.91. The number of anilines is 1. The van der Waals surface area contributed by atoms with Crippen molar-refractivity contribution >= 4 is 42.2 Å². The van der Waals surface area contributed by atoms with Gasteiger partial charge in [-0.05, 0) is 35.2 Å². The van der Waals surface area contributed by atoms with Crippen LogP contribution in [-0.2, 0) is 38.6 Å². The molecule has 3 aromatic rings. The summed E-state index contributed by atoms with van der Waals surface area (Å²) in [6.45, 7) is -0.0402. The molecule has 10 nitrogen and oxygen atoms in total. The van der Waals surface area contributed by atoms with Crippen molar-refractivity contribution in [1.29, 1.82) is 5.41 Å². The molecular formula is C27H29ClN4O6. The highest BCUT2D eigenvalue weighted by Crippen LogP contribution is 2.18. The van der Waals surface area contributed by atoms with Crippen LogP contribution < -0.4 is 16.0 Å². The van der Waals surface area contributed by atoms with E-state index in [1.165, 1.54) is 7.11 Å². The van der Waals surface area contributed by atoms with Crippen molar-refractivity contribution in [2.45, 2.75) is 25.7 Å². The Morgan fingerprint density at radius 3 is 1.89 bits per heavy atom. The predicted octanol–water partition coefficient (Wildman–Crippen LogP) is 4.16. The highest BCUT2D eigenvalue weighted by atomic mass is 35.5. The Morgan fingerprint density at radius 2 is 1.37 bits per heavy atom. The van der Waals surface area contributed by atoms with Crippen LogP contribution >= 0.6 is 12.4 Å². The molecule has 2 amide bonds. The van der Waals surface area contributed by atoms with Crippen molar-refractivity contribution in [3.8, 4) is 0 Å². The molecule has 0 aliphatic heterocycles. The maximum atomic E-state index is 13.0. The number of alkyl carbamates (subject to hydrolysis) is 1. The molecule has 3 aromatic carbocycles. The number of guanidine groups is 1. The number of carbonyl (C=O) groups is 3. The maximum Gasteiger partial charge on any atom is 0.421 e. The number of hydrogen-bond acceptors (Lipinski definition) is 8. The Kier molecular flexibility index (Phi) is 11.8. The summed E-state index contributed by atoms with van der Waals surface area (Å²) in [5.41, 5.74) is 8.30. The van der Waals surface area contributed by atoms with E-state index in [0.717, 1.165) is 16.0 Å². The van der Waals surface area contributed by atoms with E-state index in [2.05, 4.69) is 10.1 Å². The fraction of sp³-hybridized carbons (Fsp3) is 0.185. The Bertz CT molecular complexity index is 1210. The van der Waals surface area contributed by atoms with Crippen LogP contribution in [0.5, 0.6) is 0 Å². The maximum absolute atomic E-state index is 13.0. The number of esters is 1. The van der Waals surface area contributed by atoms with E-state index in [9.17, 15) is 14.4 Å². The van der Waals surface area contributed by atoms with Gasteiger partial charge in [-0.3, -0.25) is 15.5 Å². The second kappa shape index (κ2) is 15.0. The molecule has 4 N–H and O–H groups in total. The minimum Gasteiger partial charge on any atom is -0.468 e. The molecule has 0 bridgehead atoms. The summed E-state index contributed by atoms with van der Waals surface area (Å²) in [7, 11) is 1.26. The standard InChI is InChI=1S/C27H28N4O6.ClH/c1-35-24(32)23(28)16-19-12-14-22(15-13-19)31(27(34)37-18-21-10-6-3-7-11-21)25(29)30-26(33)36-17-20-8-4-2-5-9-20;/h2-15,23H,16-18,28H2,1H3,(H2,29,30,33);1H/t23-;/m0./s1. The molecule has 0 saturated heterocycles. The van der Waals surface area contributed by atoms with Crippen molar-refractivity contribution in [3.05, 3.63) is 102 Å². The van der Waals surface area contributed by atoms with Gasteiger partial charge in [0.15, 0.2) is 0 Å². The Morgan fingerprint density at radius 1 is 0.842 bits per heavy atom. The zero-order valence-electron chi connectivity index (χ0n) is 20.7. The molecule has 0 heterocycles. The van der Waals surface area contributed by atoms with Crippen molar-refractivity contribution in [2.75, 3.05) is 12.0 Å². The summed E-state index contributed by atoms with van der Waals surface area (Å²) in [5, 5.41) is 10.7. The van der Waals surface area contributed by atoms with E-state index in [0.29, 0.717) is 5.56 Å². The zero-order chi connectivity index (χ0) is 26.6. The number of ether oxygens (including phenoxy) is 3. The molecule has 0 aromatic heterocycles. The number of amides is 2. The third-order valence-corrected chi connectivity index (χ3v) is 5.20. The summed E-state index contributed by atoms with van der Waals surface area (Å²) in [6.07, 6.45) is -1.57. The monoisotopic (exact) mass is 540 g/mol. The average Bonchev–Trinajstić information content (AvgIpc) is 2.92. The van der Waals surface area contributed by atoms with Gasteiger partial charge in [-0.2, -0.15) is 0 Å². The molecule has 0 spiro atoms. The van der Waals surface area contributed by atoms with Gasteiger partial charge < -0.3 is 19.9 Å². The second-order valence-electron chi connectivity index (χ2n) is 7.91. The van der Waals surface area contributed by atoms with Crippen molar-refractivity contribution in [3.63, 3.8) is 0 Å². The Hall–Kier alpha value is -4.41. The topological polar surface area (TPSA) is 144 Å². The lowest BCUT2D eigenvalue weighted by molar-refractivity contribution is -0.142. The van der Waals surface area contributed by atoms with Gasteiger partial charge in [0.05, 0.1) is 12.8 Å². The SMILES string of the molecule is COC(=O)[C@@H](N)Cc1ccc(N(C(=N)NC(=O)OCc2ccccc2)C(=O)OCc2ccccc2)cc1.Cl. The smallest absolute Gasteiger partial charge is 0.421 e. The Balaban J connectivity index is 0.00000507. The minimum absolute atomic E-state index is 0. The lowest BCUT2D eigenvalue weighted by atomic mass is 10.1. The van der Waals surface area contributed by atoms with Crippen LogP contribution in [0, 0.1) is 5.41 Å². The largest absolute Gasteiger partial charge is 0.468 e. The summed E-state index contributed by atoms with van der Waals surface area (Å²) in [6, 6.07) is 23.6. The van der Waals surface area contributed by atoms with Crippen molar-refractivity contribution < 1.29 is 28.6 Å². The van der Waals surface area contributed by atoms with Gasteiger partial charge in [-0.15, -0.1) is 12.4 Å². The number of hydrogen-bond donors (Lipinski definition) is 3. The zero-order valence-corrected chi connectivity index (χ0v) is 21.5. The summed E-state index contributed by atoms with van der Waals surface area (Å²) >= 11 is 0. The van der Waals surface area contributed by atoms with E-state index in [1.54, 1.807) is 48.5 Å². The van der Waals surface area contributed by atoms with Crippen molar-refractivity contribution in [2.24, 2.45) is 5.73 Å². The van der Waals surface area contributed by atoms with Gasteiger partial charge in [0, 0.05) is 0 Å². The van der Waals surface area contributed by atoms with Crippen LogP contribution in [0.4, 0.5) is 15.3 Å². The minimum atomic E-state index is -0.907. The quantitative estimate of drug-likeness (QED) is 0.168. The normalized spacial score (nSPS) is 10.8. The number of nitrogens with two attached hydrogens (primary N) is 1. The number of benzene rings is 3. The van der Waals surface area contributed by atoms with Gasteiger partial charge >= 0.3 is 18.2 Å². The number of nitrogens with one attached hydrogen (secondary N) is 2. The van der Waals surface area contributed by atoms with E-state index < -0.39 is 30.2 Å². The van der Waals surface area contributed by atoms with E-state index >= 15 is 0 Å². The number of carbonyl (C=O) groups excluding carboxylic acids is 3. The molecule has 0 radical (unpaired) electrons. The summed E-state index contributed by atoms with van der Waals surface area (Å²) in [5.74, 6) is -1.11. The molecular weight excluding hydrogens is 512 g/mol. The fourth-order valence-electron chi connectivity index (χ4n) is 3.29. The lowest BCUT2D eigenvalue weighted by Crippen LogP contribution is -2.47. The molecule has 38 heavy (non-hydrogen) atoms. The lowest BCUT2D eigenvalue weighted by Gasteiger charge is -2.23. The second-order valence-corrected chi connectivity index (χ2v) is 7.91. The van der Waals surface area contributed by atoms with Crippen LogP contribution in [0.1, 0.15) is 16.7 Å². The van der Waals surface area contributed by atoms with Gasteiger partial charge in [-0.1, -0.05) is 72.8 Å². The number of nitrogens with zero attached hydrogens (tertiary/aromatic N) is 1. The van der Waals surface area contributed by atoms with Crippen LogP contribution in [0.15, 0.2) is 84.9 Å². The van der Waals surface area contributed by atoms with E-state index in [-0.39, 0.29) is 37.7 Å². The number of methoxy groups -OCH3 is 1. The van der Waals surface area contributed by atoms with Gasteiger partial charge in [0.25, 0.3) is 0 Å². The molecule has 0 aliphatic rings. The molecule has 0 unspecified atom stereocenters. The first-order chi connectivity index (χ1) is 17.9.